The Morgan fingerprint density at radius 2 is 1.81 bits per heavy atom. The highest BCUT2D eigenvalue weighted by Gasteiger charge is 2.37. The van der Waals surface area contributed by atoms with Gasteiger partial charge in [-0.2, -0.15) is 13.2 Å². The Morgan fingerprint density at radius 3 is 2.44 bits per heavy atom. The van der Waals surface area contributed by atoms with Crippen molar-refractivity contribution in [3.05, 3.63) is 91.3 Å². The molecule has 140 valence electrons. The maximum atomic E-state index is 13.5. The normalized spacial score (nSPS) is 11.6. The van der Waals surface area contributed by atoms with E-state index in [2.05, 4.69) is 15.0 Å². The lowest BCUT2D eigenvalue weighted by Gasteiger charge is -2.13. The summed E-state index contributed by atoms with van der Waals surface area (Å²) in [5, 5.41) is 0.466. The first kappa shape index (κ1) is 19.4. The highest BCUT2D eigenvalue weighted by molar-refractivity contribution is 6.42. The summed E-state index contributed by atoms with van der Waals surface area (Å²) in [5.74, 6) is -0.107. The largest absolute Gasteiger partial charge is 0.433 e. The fourth-order valence-electron chi connectivity index (χ4n) is 2.55. The Labute approximate surface area is 162 Å². The maximum absolute atomic E-state index is 13.5. The predicted octanol–water partition coefficient (Wildman–Crippen LogP) is 4.67. The molecule has 0 aliphatic heterocycles. The topological polar surface area (TPSA) is 58.6 Å². The van der Waals surface area contributed by atoms with E-state index in [1.54, 1.807) is 18.2 Å². The van der Waals surface area contributed by atoms with Gasteiger partial charge in [0, 0.05) is 24.7 Å². The molecule has 27 heavy (non-hydrogen) atoms. The second-order valence-corrected chi connectivity index (χ2v) is 6.58. The average molecular weight is 414 g/mol. The van der Waals surface area contributed by atoms with E-state index < -0.39 is 23.0 Å². The molecule has 0 amide bonds. The van der Waals surface area contributed by atoms with Gasteiger partial charge in [0.15, 0.2) is 5.69 Å². The monoisotopic (exact) mass is 413 g/mol. The van der Waals surface area contributed by atoms with Gasteiger partial charge in [0.05, 0.1) is 15.6 Å². The van der Waals surface area contributed by atoms with Gasteiger partial charge in [-0.15, -0.1) is 0 Å². The molecule has 0 saturated carbocycles. The number of halogens is 5. The van der Waals surface area contributed by atoms with E-state index in [1.165, 1.54) is 24.4 Å². The molecule has 0 fully saturated rings. The van der Waals surface area contributed by atoms with Crippen molar-refractivity contribution in [2.24, 2.45) is 0 Å². The van der Waals surface area contributed by atoms with Crippen LogP contribution in [0.15, 0.2) is 47.4 Å². The quantitative estimate of drug-likeness (QED) is 0.675. The summed E-state index contributed by atoms with van der Waals surface area (Å²) in [4.78, 5) is 22.5. The van der Waals surface area contributed by atoms with Gasteiger partial charge in [-0.1, -0.05) is 35.3 Å². The molecule has 0 bridgehead atoms. The number of rotatable bonds is 4. The molecule has 0 unspecified atom stereocenters. The fourth-order valence-corrected chi connectivity index (χ4v) is 2.88. The number of hydrogen-bond acceptors (Lipinski definition) is 3. The number of aromatic nitrogens is 3. The number of nitrogens with zero attached hydrogens (tertiary/aromatic N) is 2. The molecule has 0 radical (unpaired) electrons. The van der Waals surface area contributed by atoms with E-state index in [9.17, 15) is 18.0 Å². The average Bonchev–Trinajstić information content (AvgIpc) is 2.60. The zero-order valence-electron chi connectivity index (χ0n) is 13.6. The number of alkyl halides is 3. The van der Waals surface area contributed by atoms with Crippen LogP contribution >= 0.6 is 23.2 Å². The molecule has 0 saturated heterocycles. The van der Waals surface area contributed by atoms with Crippen molar-refractivity contribution >= 4 is 23.2 Å². The molecule has 0 aliphatic rings. The number of benzene rings is 1. The van der Waals surface area contributed by atoms with Crippen LogP contribution in [0.2, 0.25) is 10.0 Å². The van der Waals surface area contributed by atoms with Gasteiger partial charge in [0.2, 0.25) is 0 Å². The standard InChI is InChI=1S/C18H12Cl2F3N3O/c19-13-5-4-10(8-14(13)20)7-12-16(18(21,22)23)25-15(26-17(12)27)9-11-3-1-2-6-24-11/h1-6,8H,7,9H2,(H,25,26,27). The van der Waals surface area contributed by atoms with Crippen molar-refractivity contribution in [1.29, 1.82) is 0 Å². The summed E-state index contributed by atoms with van der Waals surface area (Å²) in [5.41, 5.74) is -1.64. The summed E-state index contributed by atoms with van der Waals surface area (Å²) in [7, 11) is 0. The number of hydrogen-bond donors (Lipinski definition) is 1. The van der Waals surface area contributed by atoms with Gasteiger partial charge in [0.25, 0.3) is 5.56 Å². The summed E-state index contributed by atoms with van der Waals surface area (Å²) >= 11 is 11.7. The third-order valence-electron chi connectivity index (χ3n) is 3.77. The Balaban J connectivity index is 2.02. The van der Waals surface area contributed by atoms with E-state index in [0.29, 0.717) is 11.3 Å². The first-order chi connectivity index (χ1) is 12.7. The van der Waals surface area contributed by atoms with Crippen LogP contribution in [0, 0.1) is 0 Å². The van der Waals surface area contributed by atoms with E-state index >= 15 is 0 Å². The lowest BCUT2D eigenvalue weighted by molar-refractivity contribution is -0.142. The van der Waals surface area contributed by atoms with Gasteiger partial charge < -0.3 is 4.98 Å². The zero-order chi connectivity index (χ0) is 19.6. The van der Waals surface area contributed by atoms with Crippen molar-refractivity contribution in [1.82, 2.24) is 15.0 Å². The smallest absolute Gasteiger partial charge is 0.310 e. The third-order valence-corrected chi connectivity index (χ3v) is 4.51. The second kappa shape index (κ2) is 7.70. The molecule has 2 aromatic heterocycles. The first-order valence-corrected chi connectivity index (χ1v) is 8.52. The Morgan fingerprint density at radius 1 is 1.04 bits per heavy atom. The van der Waals surface area contributed by atoms with Crippen molar-refractivity contribution in [3.8, 4) is 0 Å². The predicted molar refractivity (Wildman–Crippen MR) is 96.2 cm³/mol. The van der Waals surface area contributed by atoms with Crippen LogP contribution in [0.5, 0.6) is 0 Å². The molecule has 0 spiro atoms. The van der Waals surface area contributed by atoms with Crippen LogP contribution in [0.1, 0.15) is 28.3 Å². The van der Waals surface area contributed by atoms with Crippen LogP contribution in [0.25, 0.3) is 0 Å². The van der Waals surface area contributed by atoms with Crippen LogP contribution in [0.3, 0.4) is 0 Å². The van der Waals surface area contributed by atoms with Crippen molar-refractivity contribution in [2.45, 2.75) is 19.0 Å². The summed E-state index contributed by atoms with van der Waals surface area (Å²) < 4.78 is 40.5. The van der Waals surface area contributed by atoms with Gasteiger partial charge in [-0.3, -0.25) is 9.78 Å². The van der Waals surface area contributed by atoms with E-state index in [-0.39, 0.29) is 28.7 Å². The molecule has 0 aliphatic carbocycles. The molecule has 3 rings (SSSR count). The second-order valence-electron chi connectivity index (χ2n) is 5.76. The minimum atomic E-state index is -4.78. The molecule has 9 heteroatoms. The van der Waals surface area contributed by atoms with Crippen molar-refractivity contribution in [3.63, 3.8) is 0 Å². The molecular formula is C18H12Cl2F3N3O. The first-order valence-electron chi connectivity index (χ1n) is 7.77. The third kappa shape index (κ3) is 4.67. The maximum Gasteiger partial charge on any atom is 0.433 e. The fraction of sp³-hybridized carbons (Fsp3) is 0.167. The Kier molecular flexibility index (Phi) is 5.53. The molecule has 1 aromatic carbocycles. The lowest BCUT2D eigenvalue weighted by atomic mass is 10.0. The SMILES string of the molecule is O=c1[nH]c(Cc2ccccn2)nc(C(F)(F)F)c1Cc1ccc(Cl)c(Cl)c1. The molecule has 3 aromatic rings. The Bertz CT molecular complexity index is 1020. The van der Waals surface area contributed by atoms with Crippen LogP contribution in [0.4, 0.5) is 13.2 Å². The lowest BCUT2D eigenvalue weighted by Crippen LogP contribution is -2.25. The zero-order valence-corrected chi connectivity index (χ0v) is 15.2. The number of H-pyrrole nitrogens is 1. The highest BCUT2D eigenvalue weighted by atomic mass is 35.5. The van der Waals surface area contributed by atoms with E-state index in [4.69, 9.17) is 23.2 Å². The van der Waals surface area contributed by atoms with Crippen LogP contribution in [-0.4, -0.2) is 15.0 Å². The minimum Gasteiger partial charge on any atom is -0.310 e. The molecule has 0 atom stereocenters. The van der Waals surface area contributed by atoms with Crippen LogP contribution in [-0.2, 0) is 19.0 Å². The summed E-state index contributed by atoms with van der Waals surface area (Å²) in [6.45, 7) is 0. The number of nitrogens with one attached hydrogen (secondary N) is 1. The molecule has 4 nitrogen and oxygen atoms in total. The number of aromatic amines is 1. The van der Waals surface area contributed by atoms with Crippen LogP contribution < -0.4 is 5.56 Å². The van der Waals surface area contributed by atoms with Crippen molar-refractivity contribution in [2.75, 3.05) is 0 Å². The molecular weight excluding hydrogens is 402 g/mol. The van der Waals surface area contributed by atoms with E-state index in [0.717, 1.165) is 0 Å². The van der Waals surface area contributed by atoms with Crippen molar-refractivity contribution < 1.29 is 13.2 Å². The highest BCUT2D eigenvalue weighted by Crippen LogP contribution is 2.31. The molecule has 1 N–H and O–H groups in total. The summed E-state index contributed by atoms with van der Waals surface area (Å²) in [6.07, 6.45) is -3.57. The van der Waals surface area contributed by atoms with Gasteiger partial charge in [0.1, 0.15) is 5.82 Å². The van der Waals surface area contributed by atoms with Gasteiger partial charge in [-0.25, -0.2) is 4.98 Å². The van der Waals surface area contributed by atoms with E-state index in [1.807, 2.05) is 0 Å². The van der Waals surface area contributed by atoms with Gasteiger partial charge in [-0.05, 0) is 29.8 Å². The molecule has 2 heterocycles. The minimum absolute atomic E-state index is 0.0216. The van der Waals surface area contributed by atoms with Gasteiger partial charge >= 0.3 is 6.18 Å². The summed E-state index contributed by atoms with van der Waals surface area (Å²) in [6, 6.07) is 9.41. The Hall–Kier alpha value is -2.38. The number of pyridine rings is 1.